The molecule has 0 spiro atoms. The number of aliphatic hydroxyl groups excluding tert-OH is 1. The number of rotatable bonds is 7. The topological polar surface area (TPSA) is 49.3 Å². The third-order valence-corrected chi connectivity index (χ3v) is 3.99. The second-order valence-electron chi connectivity index (χ2n) is 6.06. The van der Waals surface area contributed by atoms with Crippen molar-refractivity contribution in [3.8, 4) is 0 Å². The van der Waals surface area contributed by atoms with Gasteiger partial charge in [0, 0.05) is 18.2 Å². The summed E-state index contributed by atoms with van der Waals surface area (Å²) in [5, 5.41) is 11.7. The Balaban J connectivity index is 2.66. The molecule has 0 aliphatic heterocycles. The van der Waals surface area contributed by atoms with E-state index >= 15 is 0 Å². The zero-order valence-electron chi connectivity index (χ0n) is 13.1. The number of carbonyl (C=O) groups excluding carboxylic acids is 1. The molecule has 0 saturated carbocycles. The van der Waals surface area contributed by atoms with Gasteiger partial charge >= 0.3 is 0 Å². The normalized spacial score (nSPS) is 13.1. The second-order valence-corrected chi connectivity index (χ2v) is 6.06. The van der Waals surface area contributed by atoms with Gasteiger partial charge in [-0.05, 0) is 49.3 Å². The SMILES string of the molecule is CCC(C)(C)c1ccc(C(=O)NC(C)CCCO)cc1. The monoisotopic (exact) mass is 277 g/mol. The van der Waals surface area contributed by atoms with E-state index in [1.54, 1.807) is 0 Å². The van der Waals surface area contributed by atoms with Crippen LogP contribution >= 0.6 is 0 Å². The molecule has 112 valence electrons. The van der Waals surface area contributed by atoms with E-state index < -0.39 is 0 Å². The Morgan fingerprint density at radius 2 is 1.90 bits per heavy atom. The lowest BCUT2D eigenvalue weighted by molar-refractivity contribution is 0.0936. The number of carbonyl (C=O) groups is 1. The molecule has 1 unspecified atom stereocenters. The van der Waals surface area contributed by atoms with Gasteiger partial charge in [0.25, 0.3) is 5.91 Å². The van der Waals surface area contributed by atoms with Crippen molar-refractivity contribution in [3.05, 3.63) is 35.4 Å². The maximum atomic E-state index is 12.1. The summed E-state index contributed by atoms with van der Waals surface area (Å²) in [4.78, 5) is 12.1. The Labute approximate surface area is 122 Å². The number of benzene rings is 1. The summed E-state index contributed by atoms with van der Waals surface area (Å²) >= 11 is 0. The molecule has 20 heavy (non-hydrogen) atoms. The number of amides is 1. The first-order valence-corrected chi connectivity index (χ1v) is 7.43. The van der Waals surface area contributed by atoms with Crippen LogP contribution in [-0.2, 0) is 5.41 Å². The minimum atomic E-state index is -0.0451. The van der Waals surface area contributed by atoms with Crippen molar-refractivity contribution in [2.45, 2.75) is 58.4 Å². The minimum Gasteiger partial charge on any atom is -0.396 e. The van der Waals surface area contributed by atoms with Crippen molar-refractivity contribution in [2.75, 3.05) is 6.61 Å². The van der Waals surface area contributed by atoms with Gasteiger partial charge in [-0.3, -0.25) is 4.79 Å². The standard InChI is InChI=1S/C17H27NO2/c1-5-17(3,4)15-10-8-14(9-11-15)16(20)18-13(2)7-6-12-19/h8-11,13,19H,5-7,12H2,1-4H3,(H,18,20). The molecule has 0 heterocycles. The van der Waals surface area contributed by atoms with Crippen LogP contribution in [0.5, 0.6) is 0 Å². The molecule has 0 fully saturated rings. The fourth-order valence-electron chi connectivity index (χ4n) is 2.05. The van der Waals surface area contributed by atoms with Crippen LogP contribution in [0.1, 0.15) is 62.9 Å². The van der Waals surface area contributed by atoms with Gasteiger partial charge in [0.2, 0.25) is 0 Å². The van der Waals surface area contributed by atoms with Gasteiger partial charge in [0.1, 0.15) is 0 Å². The van der Waals surface area contributed by atoms with E-state index in [9.17, 15) is 4.79 Å². The van der Waals surface area contributed by atoms with Gasteiger partial charge in [0.15, 0.2) is 0 Å². The van der Waals surface area contributed by atoms with Crippen LogP contribution in [0, 0.1) is 0 Å². The van der Waals surface area contributed by atoms with E-state index in [1.807, 2.05) is 31.2 Å². The molecular weight excluding hydrogens is 250 g/mol. The van der Waals surface area contributed by atoms with Crippen molar-refractivity contribution in [1.29, 1.82) is 0 Å². The summed E-state index contributed by atoms with van der Waals surface area (Å²) in [6, 6.07) is 7.94. The zero-order chi connectivity index (χ0) is 15.2. The van der Waals surface area contributed by atoms with E-state index in [2.05, 4.69) is 26.1 Å². The first-order chi connectivity index (χ1) is 9.40. The largest absolute Gasteiger partial charge is 0.396 e. The second kappa shape index (κ2) is 7.44. The molecule has 0 radical (unpaired) electrons. The maximum absolute atomic E-state index is 12.1. The highest BCUT2D eigenvalue weighted by molar-refractivity contribution is 5.94. The first kappa shape index (κ1) is 16.7. The Bertz CT molecular complexity index is 423. The lowest BCUT2D eigenvalue weighted by Gasteiger charge is -2.23. The maximum Gasteiger partial charge on any atom is 0.251 e. The molecule has 1 rings (SSSR count). The van der Waals surface area contributed by atoms with Crippen molar-refractivity contribution in [3.63, 3.8) is 0 Å². The number of hydrogen-bond donors (Lipinski definition) is 2. The molecule has 1 amide bonds. The van der Waals surface area contributed by atoms with Crippen molar-refractivity contribution in [1.82, 2.24) is 5.32 Å². The summed E-state index contributed by atoms with van der Waals surface area (Å²) in [6.45, 7) is 8.71. The predicted molar refractivity (Wildman–Crippen MR) is 83.0 cm³/mol. The van der Waals surface area contributed by atoms with Gasteiger partial charge in [-0.1, -0.05) is 32.9 Å². The third-order valence-electron chi connectivity index (χ3n) is 3.99. The van der Waals surface area contributed by atoms with Crippen LogP contribution in [0.25, 0.3) is 0 Å². The van der Waals surface area contributed by atoms with Gasteiger partial charge in [-0.15, -0.1) is 0 Å². The molecule has 0 saturated heterocycles. The predicted octanol–water partition coefficient (Wildman–Crippen LogP) is 3.27. The fraction of sp³-hybridized carbons (Fsp3) is 0.588. The molecule has 0 bridgehead atoms. The molecule has 0 aromatic heterocycles. The van der Waals surface area contributed by atoms with E-state index in [-0.39, 0.29) is 24.0 Å². The Hall–Kier alpha value is -1.35. The van der Waals surface area contributed by atoms with Crippen LogP contribution in [-0.4, -0.2) is 23.7 Å². The summed E-state index contributed by atoms with van der Waals surface area (Å²) in [5.41, 5.74) is 2.09. The molecule has 3 nitrogen and oxygen atoms in total. The zero-order valence-corrected chi connectivity index (χ0v) is 13.1. The van der Waals surface area contributed by atoms with E-state index in [4.69, 9.17) is 5.11 Å². The molecule has 3 heteroatoms. The fourth-order valence-corrected chi connectivity index (χ4v) is 2.05. The third kappa shape index (κ3) is 4.64. The Kier molecular flexibility index (Phi) is 6.21. The molecular formula is C17H27NO2. The highest BCUT2D eigenvalue weighted by atomic mass is 16.2. The lowest BCUT2D eigenvalue weighted by atomic mass is 9.82. The summed E-state index contributed by atoms with van der Waals surface area (Å²) < 4.78 is 0. The smallest absolute Gasteiger partial charge is 0.251 e. The van der Waals surface area contributed by atoms with E-state index in [0.29, 0.717) is 12.0 Å². The average Bonchev–Trinajstić information content (AvgIpc) is 2.45. The molecule has 1 atom stereocenters. The van der Waals surface area contributed by atoms with Gasteiger partial charge in [0.05, 0.1) is 0 Å². The van der Waals surface area contributed by atoms with Crippen LogP contribution in [0.2, 0.25) is 0 Å². The molecule has 2 N–H and O–H groups in total. The lowest BCUT2D eigenvalue weighted by Crippen LogP contribution is -2.32. The first-order valence-electron chi connectivity index (χ1n) is 7.43. The summed E-state index contributed by atoms with van der Waals surface area (Å²) in [6.07, 6.45) is 2.57. The summed E-state index contributed by atoms with van der Waals surface area (Å²) in [7, 11) is 0. The van der Waals surface area contributed by atoms with Gasteiger partial charge in [-0.2, -0.15) is 0 Å². The highest BCUT2D eigenvalue weighted by Gasteiger charge is 2.18. The minimum absolute atomic E-state index is 0.0451. The Morgan fingerprint density at radius 1 is 1.30 bits per heavy atom. The van der Waals surface area contributed by atoms with Crippen LogP contribution < -0.4 is 5.32 Å². The van der Waals surface area contributed by atoms with Gasteiger partial charge in [-0.25, -0.2) is 0 Å². The average molecular weight is 277 g/mol. The van der Waals surface area contributed by atoms with Gasteiger partial charge < -0.3 is 10.4 Å². The quantitative estimate of drug-likeness (QED) is 0.803. The molecule has 0 aliphatic rings. The van der Waals surface area contributed by atoms with Crippen molar-refractivity contribution >= 4 is 5.91 Å². The van der Waals surface area contributed by atoms with Crippen molar-refractivity contribution in [2.24, 2.45) is 0 Å². The van der Waals surface area contributed by atoms with E-state index in [1.165, 1.54) is 5.56 Å². The van der Waals surface area contributed by atoms with Crippen LogP contribution in [0.15, 0.2) is 24.3 Å². The number of aliphatic hydroxyl groups is 1. The molecule has 1 aromatic carbocycles. The number of hydrogen-bond acceptors (Lipinski definition) is 2. The number of nitrogens with one attached hydrogen (secondary N) is 1. The highest BCUT2D eigenvalue weighted by Crippen LogP contribution is 2.26. The van der Waals surface area contributed by atoms with E-state index in [0.717, 1.165) is 12.8 Å². The Morgan fingerprint density at radius 3 is 2.40 bits per heavy atom. The molecule has 0 aliphatic carbocycles. The summed E-state index contributed by atoms with van der Waals surface area (Å²) in [5.74, 6) is -0.0451. The van der Waals surface area contributed by atoms with Crippen molar-refractivity contribution < 1.29 is 9.90 Å². The molecule has 1 aromatic rings. The van der Waals surface area contributed by atoms with Crippen LogP contribution in [0.4, 0.5) is 0 Å². The van der Waals surface area contributed by atoms with Crippen LogP contribution in [0.3, 0.4) is 0 Å².